The maximum Gasteiger partial charge on any atom is 0.324 e. The first-order valence-electron chi connectivity index (χ1n) is 4.78. The second kappa shape index (κ2) is 5.00. The summed E-state index contributed by atoms with van der Waals surface area (Å²) in [6.45, 7) is 1.81. The largest absolute Gasteiger partial charge is 0.480 e. The highest BCUT2D eigenvalue weighted by molar-refractivity contribution is 7.99. The first-order valence-corrected chi connectivity index (χ1v) is 5.93. The zero-order valence-electron chi connectivity index (χ0n) is 8.32. The monoisotopic (exact) mass is 219 g/mol. The predicted molar refractivity (Wildman–Crippen MR) is 56.6 cm³/mol. The van der Waals surface area contributed by atoms with Gasteiger partial charge in [0.15, 0.2) is 0 Å². The molecule has 5 heteroatoms. The van der Waals surface area contributed by atoms with E-state index < -0.39 is 11.5 Å². The Morgan fingerprint density at radius 1 is 1.64 bits per heavy atom. The lowest BCUT2D eigenvalue weighted by atomic mass is 10.1. The van der Waals surface area contributed by atoms with Gasteiger partial charge in [0.05, 0.1) is 6.61 Å². The van der Waals surface area contributed by atoms with Gasteiger partial charge in [-0.3, -0.25) is 10.1 Å². The van der Waals surface area contributed by atoms with Gasteiger partial charge < -0.3 is 10.2 Å². The van der Waals surface area contributed by atoms with Gasteiger partial charge >= 0.3 is 5.97 Å². The Balaban J connectivity index is 2.38. The summed E-state index contributed by atoms with van der Waals surface area (Å²) in [5.74, 6) is 0.282. The van der Waals surface area contributed by atoms with Gasteiger partial charge in [-0.05, 0) is 19.8 Å². The normalized spacial score (nSPS) is 20.4. The molecule has 1 rings (SSSR count). The number of rotatable bonds is 7. The smallest absolute Gasteiger partial charge is 0.324 e. The number of aliphatic hydroxyl groups is 1. The first-order chi connectivity index (χ1) is 6.58. The number of carboxylic acid groups (broad SMARTS) is 1. The van der Waals surface area contributed by atoms with Crippen LogP contribution in [0.5, 0.6) is 0 Å². The van der Waals surface area contributed by atoms with E-state index in [0.717, 1.165) is 12.8 Å². The van der Waals surface area contributed by atoms with Crippen molar-refractivity contribution in [1.82, 2.24) is 5.32 Å². The summed E-state index contributed by atoms with van der Waals surface area (Å²) < 4.78 is 0. The van der Waals surface area contributed by atoms with E-state index in [1.807, 2.05) is 0 Å². The van der Waals surface area contributed by atoms with Crippen molar-refractivity contribution >= 4 is 17.7 Å². The maximum absolute atomic E-state index is 11.0. The topological polar surface area (TPSA) is 69.6 Å². The summed E-state index contributed by atoms with van der Waals surface area (Å²) in [4.78, 5) is 11.0. The number of carboxylic acids is 1. The van der Waals surface area contributed by atoms with Crippen LogP contribution >= 0.6 is 11.8 Å². The molecular formula is C9H17NO3S. The third-order valence-corrected chi connectivity index (χ3v) is 3.45. The van der Waals surface area contributed by atoms with Crippen molar-refractivity contribution in [3.8, 4) is 0 Å². The number of hydrogen-bond donors (Lipinski definition) is 3. The molecule has 1 fully saturated rings. The molecule has 0 amide bonds. The van der Waals surface area contributed by atoms with E-state index in [2.05, 4.69) is 5.32 Å². The minimum absolute atomic E-state index is 0.101. The zero-order valence-corrected chi connectivity index (χ0v) is 9.14. The number of nitrogens with one attached hydrogen (secondary N) is 1. The van der Waals surface area contributed by atoms with Crippen molar-refractivity contribution < 1.29 is 15.0 Å². The Morgan fingerprint density at radius 2 is 2.29 bits per heavy atom. The van der Waals surface area contributed by atoms with E-state index in [1.165, 1.54) is 11.8 Å². The van der Waals surface area contributed by atoms with E-state index in [4.69, 9.17) is 10.2 Å². The molecule has 14 heavy (non-hydrogen) atoms. The number of hydrogen-bond acceptors (Lipinski definition) is 4. The highest BCUT2D eigenvalue weighted by atomic mass is 32.2. The highest BCUT2D eigenvalue weighted by Gasteiger charge is 2.38. The van der Waals surface area contributed by atoms with Crippen molar-refractivity contribution in [3.63, 3.8) is 0 Å². The summed E-state index contributed by atoms with van der Waals surface area (Å²) in [6.07, 6.45) is 2.15. The van der Waals surface area contributed by atoms with Gasteiger partial charge in [-0.15, -0.1) is 0 Å². The molecule has 1 atom stereocenters. The summed E-state index contributed by atoms with van der Waals surface area (Å²) in [5.41, 5.74) is -0.846. The van der Waals surface area contributed by atoms with Crippen LogP contribution in [0.1, 0.15) is 19.8 Å². The van der Waals surface area contributed by atoms with E-state index in [-0.39, 0.29) is 6.61 Å². The van der Waals surface area contributed by atoms with Crippen LogP contribution in [0.4, 0.5) is 0 Å². The predicted octanol–water partition coefficient (Wildman–Crippen LogP) is 0.307. The number of aliphatic hydroxyl groups excluding tert-OH is 1. The van der Waals surface area contributed by atoms with Gasteiger partial charge in [-0.25, -0.2) is 0 Å². The van der Waals surface area contributed by atoms with Crippen molar-refractivity contribution in [3.05, 3.63) is 0 Å². The van der Waals surface area contributed by atoms with Crippen LogP contribution in [-0.2, 0) is 4.79 Å². The molecule has 0 saturated heterocycles. The summed E-state index contributed by atoms with van der Waals surface area (Å²) >= 11 is 1.46. The minimum Gasteiger partial charge on any atom is -0.480 e. The Labute approximate surface area is 88.1 Å². The standard InChI is InChI=1S/C9H17NO3S/c1-9(8(12)13,6-14-5-4-11)10-7-2-3-7/h7,10-11H,2-6H2,1H3,(H,12,13). The fourth-order valence-corrected chi connectivity index (χ4v) is 2.07. The molecular weight excluding hydrogens is 202 g/mol. The fourth-order valence-electron chi connectivity index (χ4n) is 1.18. The molecule has 0 aromatic carbocycles. The third kappa shape index (κ3) is 3.48. The van der Waals surface area contributed by atoms with Crippen molar-refractivity contribution in [2.24, 2.45) is 0 Å². The van der Waals surface area contributed by atoms with Crippen molar-refractivity contribution in [2.75, 3.05) is 18.1 Å². The maximum atomic E-state index is 11.0. The van der Waals surface area contributed by atoms with Crippen LogP contribution < -0.4 is 5.32 Å². The van der Waals surface area contributed by atoms with Crippen molar-refractivity contribution in [1.29, 1.82) is 0 Å². The molecule has 0 heterocycles. The zero-order chi connectivity index (χ0) is 10.6. The molecule has 0 bridgehead atoms. The third-order valence-electron chi connectivity index (χ3n) is 2.20. The molecule has 1 saturated carbocycles. The van der Waals surface area contributed by atoms with E-state index in [9.17, 15) is 4.79 Å². The van der Waals surface area contributed by atoms with E-state index in [1.54, 1.807) is 6.92 Å². The molecule has 0 aliphatic heterocycles. The van der Waals surface area contributed by atoms with Gasteiger partial charge in [0.25, 0.3) is 0 Å². The van der Waals surface area contributed by atoms with Gasteiger partial charge in [-0.1, -0.05) is 0 Å². The van der Waals surface area contributed by atoms with Gasteiger partial charge in [0.1, 0.15) is 5.54 Å². The highest BCUT2D eigenvalue weighted by Crippen LogP contribution is 2.24. The molecule has 1 unspecified atom stereocenters. The number of aliphatic carboxylic acids is 1. The Morgan fingerprint density at radius 3 is 2.71 bits per heavy atom. The summed E-state index contributed by atoms with van der Waals surface area (Å²) in [6, 6.07) is 0.380. The second-order valence-electron chi connectivity index (χ2n) is 3.83. The molecule has 0 aromatic rings. The van der Waals surface area contributed by atoms with Crippen LogP contribution in [0.2, 0.25) is 0 Å². The average Bonchev–Trinajstić information content (AvgIpc) is 2.88. The average molecular weight is 219 g/mol. The first kappa shape index (κ1) is 11.8. The van der Waals surface area contributed by atoms with E-state index in [0.29, 0.717) is 17.5 Å². The second-order valence-corrected chi connectivity index (χ2v) is 4.94. The molecule has 0 aromatic heterocycles. The van der Waals surface area contributed by atoms with Gasteiger partial charge in [0, 0.05) is 17.5 Å². The molecule has 1 aliphatic rings. The van der Waals surface area contributed by atoms with Gasteiger partial charge in [0.2, 0.25) is 0 Å². The SMILES string of the molecule is CC(CSCCO)(NC1CC1)C(=O)O. The molecule has 1 aliphatic carbocycles. The lowest BCUT2D eigenvalue weighted by molar-refractivity contribution is -0.143. The van der Waals surface area contributed by atoms with Crippen LogP contribution in [0, 0.1) is 0 Å². The van der Waals surface area contributed by atoms with E-state index >= 15 is 0 Å². The number of carbonyl (C=O) groups is 1. The Bertz CT molecular complexity index is 208. The lowest BCUT2D eigenvalue weighted by Crippen LogP contribution is -2.52. The van der Waals surface area contributed by atoms with Crippen LogP contribution in [-0.4, -0.2) is 45.9 Å². The Kier molecular flexibility index (Phi) is 4.22. The molecule has 82 valence electrons. The number of thioether (sulfide) groups is 1. The van der Waals surface area contributed by atoms with Crippen LogP contribution in [0.15, 0.2) is 0 Å². The lowest BCUT2D eigenvalue weighted by Gasteiger charge is -2.25. The quantitative estimate of drug-likeness (QED) is 0.538. The molecule has 0 radical (unpaired) electrons. The Hall–Kier alpha value is -0.260. The van der Waals surface area contributed by atoms with Crippen LogP contribution in [0.25, 0.3) is 0 Å². The summed E-state index contributed by atoms with van der Waals surface area (Å²) in [5, 5.41) is 20.8. The van der Waals surface area contributed by atoms with Crippen molar-refractivity contribution in [2.45, 2.75) is 31.3 Å². The molecule has 4 nitrogen and oxygen atoms in total. The minimum atomic E-state index is -0.846. The summed E-state index contributed by atoms with van der Waals surface area (Å²) in [7, 11) is 0. The van der Waals surface area contributed by atoms with Gasteiger partial charge in [-0.2, -0.15) is 11.8 Å². The van der Waals surface area contributed by atoms with Crippen LogP contribution in [0.3, 0.4) is 0 Å². The molecule has 3 N–H and O–H groups in total. The fraction of sp³-hybridized carbons (Fsp3) is 0.889. The molecule has 0 spiro atoms.